The minimum absolute atomic E-state index is 0.359. The zero-order chi connectivity index (χ0) is 12.4. The number of hydrogen-bond acceptors (Lipinski definition) is 3. The van der Waals surface area contributed by atoms with Crippen LogP contribution in [-0.4, -0.2) is 61.0 Å². The Kier molecular flexibility index (Phi) is 3.66. The van der Waals surface area contributed by atoms with E-state index in [1.807, 2.05) is 0 Å². The van der Waals surface area contributed by atoms with Crippen LogP contribution < -0.4 is 5.32 Å². The lowest BCUT2D eigenvalue weighted by Gasteiger charge is -2.43. The van der Waals surface area contributed by atoms with E-state index in [1.165, 1.54) is 6.42 Å². The molecule has 2 saturated heterocycles. The molecule has 3 rings (SSSR count). The van der Waals surface area contributed by atoms with Crippen LogP contribution in [0.25, 0.3) is 0 Å². The second-order valence-corrected chi connectivity index (χ2v) is 5.70. The molecule has 0 bridgehead atoms. The van der Waals surface area contributed by atoms with E-state index in [-0.39, 0.29) is 0 Å². The summed E-state index contributed by atoms with van der Waals surface area (Å²) in [5.41, 5.74) is 0. The maximum Gasteiger partial charge on any atom is 0.223 e. The zero-order valence-corrected chi connectivity index (χ0v) is 11.0. The van der Waals surface area contributed by atoms with Gasteiger partial charge in [-0.05, 0) is 18.8 Å². The quantitative estimate of drug-likeness (QED) is 0.738. The summed E-state index contributed by atoms with van der Waals surface area (Å²) in [4.78, 5) is 16.8. The third-order valence-electron chi connectivity index (χ3n) is 4.49. The number of carbonyl (C=O) groups excluding carboxylic acids is 1. The average Bonchev–Trinajstić information content (AvgIpc) is 2.80. The van der Waals surface area contributed by atoms with Gasteiger partial charge in [0.2, 0.25) is 5.91 Å². The van der Waals surface area contributed by atoms with Gasteiger partial charge in [0.1, 0.15) is 0 Å². The monoisotopic (exact) mass is 249 g/mol. The number of hydrogen-bond donors (Lipinski definition) is 1. The normalized spacial score (nSPS) is 29.6. The van der Waals surface area contributed by atoms with Crippen LogP contribution in [0.1, 0.15) is 19.3 Å². The van der Waals surface area contributed by atoms with Crippen LogP contribution in [0.3, 0.4) is 0 Å². The number of carbonyl (C=O) groups is 1. The van der Waals surface area contributed by atoms with Crippen molar-refractivity contribution in [3.8, 4) is 0 Å². The van der Waals surface area contributed by atoms with E-state index < -0.39 is 0 Å². The maximum atomic E-state index is 12.2. The lowest BCUT2D eigenvalue weighted by atomic mass is 10.0. The molecule has 1 unspecified atom stereocenters. The Bertz CT molecular complexity index is 330. The van der Waals surface area contributed by atoms with Crippen LogP contribution in [0.15, 0.2) is 12.2 Å². The van der Waals surface area contributed by atoms with Crippen molar-refractivity contribution < 1.29 is 4.79 Å². The summed E-state index contributed by atoms with van der Waals surface area (Å²) in [6.07, 6.45) is 7.47. The fourth-order valence-electron chi connectivity index (χ4n) is 3.09. The number of amides is 1. The van der Waals surface area contributed by atoms with E-state index >= 15 is 0 Å². The molecule has 4 nitrogen and oxygen atoms in total. The van der Waals surface area contributed by atoms with Crippen molar-refractivity contribution >= 4 is 5.91 Å². The van der Waals surface area contributed by atoms with Gasteiger partial charge >= 0.3 is 0 Å². The van der Waals surface area contributed by atoms with Gasteiger partial charge in [-0.15, -0.1) is 0 Å². The average molecular weight is 249 g/mol. The predicted molar refractivity (Wildman–Crippen MR) is 71.3 cm³/mol. The fourth-order valence-corrected chi connectivity index (χ4v) is 3.09. The molecule has 4 heteroatoms. The van der Waals surface area contributed by atoms with E-state index in [4.69, 9.17) is 0 Å². The van der Waals surface area contributed by atoms with Crippen LogP contribution >= 0.6 is 0 Å². The van der Waals surface area contributed by atoms with Crippen LogP contribution in [0, 0.1) is 5.92 Å². The van der Waals surface area contributed by atoms with E-state index in [1.54, 1.807) is 0 Å². The third kappa shape index (κ3) is 2.59. The second kappa shape index (κ2) is 5.41. The van der Waals surface area contributed by atoms with Crippen molar-refractivity contribution in [3.05, 3.63) is 12.2 Å². The molecule has 0 radical (unpaired) electrons. The molecule has 1 amide bonds. The largest absolute Gasteiger partial charge is 0.340 e. The molecular formula is C14H23N3O. The van der Waals surface area contributed by atoms with Gasteiger partial charge in [0.25, 0.3) is 0 Å². The SMILES string of the molecule is O=C(CC1C=CCC1)N1CCN(C2CNC2)CC1. The maximum absolute atomic E-state index is 12.2. The number of rotatable bonds is 3. The van der Waals surface area contributed by atoms with E-state index in [9.17, 15) is 4.79 Å². The molecular weight excluding hydrogens is 226 g/mol. The Balaban J connectivity index is 1.43. The molecule has 1 aliphatic carbocycles. The lowest BCUT2D eigenvalue weighted by molar-refractivity contribution is -0.134. The first-order chi connectivity index (χ1) is 8.83. The molecule has 2 heterocycles. The van der Waals surface area contributed by atoms with Crippen molar-refractivity contribution in [3.63, 3.8) is 0 Å². The molecule has 1 N–H and O–H groups in total. The standard InChI is InChI=1S/C14H23N3O/c18-14(9-12-3-1-2-4-12)17-7-5-16(6-8-17)13-10-15-11-13/h1,3,12-13,15H,2,4-11H2. The van der Waals surface area contributed by atoms with Crippen LogP contribution in [0.2, 0.25) is 0 Å². The Hall–Kier alpha value is -0.870. The predicted octanol–water partition coefficient (Wildman–Crippen LogP) is 0.459. The lowest BCUT2D eigenvalue weighted by Crippen LogP contribution is -2.62. The molecule has 0 aromatic heterocycles. The summed E-state index contributed by atoms with van der Waals surface area (Å²) >= 11 is 0. The highest BCUT2D eigenvalue weighted by Gasteiger charge is 2.29. The Morgan fingerprint density at radius 1 is 1.22 bits per heavy atom. The van der Waals surface area contributed by atoms with Crippen molar-refractivity contribution in [1.29, 1.82) is 0 Å². The van der Waals surface area contributed by atoms with Crippen molar-refractivity contribution in [2.75, 3.05) is 39.3 Å². The van der Waals surface area contributed by atoms with Crippen molar-refractivity contribution in [2.24, 2.45) is 5.92 Å². The highest BCUT2D eigenvalue weighted by Crippen LogP contribution is 2.21. The second-order valence-electron chi connectivity index (χ2n) is 5.70. The fraction of sp³-hybridized carbons (Fsp3) is 0.786. The summed E-state index contributed by atoms with van der Waals surface area (Å²) in [7, 11) is 0. The van der Waals surface area contributed by atoms with Crippen LogP contribution in [0.5, 0.6) is 0 Å². The molecule has 0 saturated carbocycles. The van der Waals surface area contributed by atoms with Gasteiger partial charge in [-0.1, -0.05) is 12.2 Å². The van der Waals surface area contributed by atoms with Gasteiger partial charge < -0.3 is 10.2 Å². The van der Waals surface area contributed by atoms with E-state index in [0.717, 1.165) is 58.2 Å². The minimum atomic E-state index is 0.359. The van der Waals surface area contributed by atoms with E-state index in [0.29, 0.717) is 11.8 Å². The molecule has 18 heavy (non-hydrogen) atoms. The first-order valence-corrected chi connectivity index (χ1v) is 7.22. The summed E-state index contributed by atoms with van der Waals surface area (Å²) in [5, 5.41) is 3.31. The molecule has 2 fully saturated rings. The molecule has 100 valence electrons. The van der Waals surface area contributed by atoms with Crippen molar-refractivity contribution in [1.82, 2.24) is 15.1 Å². The number of piperazine rings is 1. The van der Waals surface area contributed by atoms with Gasteiger partial charge in [-0.2, -0.15) is 0 Å². The highest BCUT2D eigenvalue weighted by atomic mass is 16.2. The molecule has 0 spiro atoms. The van der Waals surface area contributed by atoms with Crippen molar-refractivity contribution in [2.45, 2.75) is 25.3 Å². The van der Waals surface area contributed by atoms with Gasteiger partial charge in [0.15, 0.2) is 0 Å². The zero-order valence-electron chi connectivity index (χ0n) is 11.0. The first kappa shape index (κ1) is 12.2. The summed E-state index contributed by atoms with van der Waals surface area (Å²) in [5.74, 6) is 0.865. The Morgan fingerprint density at radius 2 is 2.00 bits per heavy atom. The Morgan fingerprint density at radius 3 is 2.56 bits per heavy atom. The van der Waals surface area contributed by atoms with Crippen LogP contribution in [-0.2, 0) is 4.79 Å². The van der Waals surface area contributed by atoms with Gasteiger partial charge in [-0.3, -0.25) is 9.69 Å². The molecule has 2 aliphatic heterocycles. The van der Waals surface area contributed by atoms with Gasteiger partial charge in [0, 0.05) is 51.7 Å². The number of nitrogens with one attached hydrogen (secondary N) is 1. The first-order valence-electron chi connectivity index (χ1n) is 7.22. The van der Waals surface area contributed by atoms with Gasteiger partial charge in [-0.25, -0.2) is 0 Å². The van der Waals surface area contributed by atoms with E-state index in [2.05, 4.69) is 27.3 Å². The number of allylic oxidation sites excluding steroid dienone is 2. The summed E-state index contributed by atoms with van der Waals surface area (Å²) < 4.78 is 0. The van der Waals surface area contributed by atoms with Gasteiger partial charge in [0.05, 0.1) is 0 Å². The molecule has 0 aromatic rings. The molecule has 3 aliphatic rings. The topological polar surface area (TPSA) is 35.6 Å². The third-order valence-corrected chi connectivity index (χ3v) is 4.49. The summed E-state index contributed by atoms with van der Waals surface area (Å²) in [6, 6.07) is 0.722. The highest BCUT2D eigenvalue weighted by molar-refractivity contribution is 5.76. The number of nitrogens with zero attached hydrogens (tertiary/aromatic N) is 2. The molecule has 1 atom stereocenters. The smallest absolute Gasteiger partial charge is 0.223 e. The molecule has 0 aromatic carbocycles. The Labute approximate surface area is 109 Å². The summed E-state index contributed by atoms with van der Waals surface area (Å²) in [6.45, 7) is 6.20. The minimum Gasteiger partial charge on any atom is -0.340 e. The van der Waals surface area contributed by atoms with Crippen LogP contribution in [0.4, 0.5) is 0 Å².